The van der Waals surface area contributed by atoms with Crippen LogP contribution >= 0.6 is 31.9 Å². The molecule has 0 aliphatic carbocycles. The number of nitrogens with zero attached hydrogens (tertiary/aromatic N) is 1. The summed E-state index contributed by atoms with van der Waals surface area (Å²) >= 11 is 6.98. The van der Waals surface area contributed by atoms with Crippen LogP contribution in [0.1, 0.15) is 25.3 Å². The van der Waals surface area contributed by atoms with Gasteiger partial charge in [0.25, 0.3) is 0 Å². The Morgan fingerprint density at radius 1 is 1.42 bits per heavy atom. The largest absolute Gasteiger partial charge is 0.481 e. The average Bonchev–Trinajstić information content (AvgIpc) is 2.36. The van der Waals surface area contributed by atoms with E-state index in [-0.39, 0.29) is 5.92 Å². The first kappa shape index (κ1) is 15.0. The van der Waals surface area contributed by atoms with E-state index in [1.165, 1.54) is 5.56 Å². The molecule has 0 spiro atoms. The third-order valence-electron chi connectivity index (χ3n) is 3.73. The molecule has 1 aliphatic heterocycles. The Morgan fingerprint density at radius 3 is 2.74 bits per heavy atom. The Kier molecular flexibility index (Phi) is 5.03. The molecule has 0 saturated carbocycles. The second kappa shape index (κ2) is 6.37. The highest BCUT2D eigenvalue weighted by molar-refractivity contribution is 9.13. The van der Waals surface area contributed by atoms with Crippen LogP contribution in [0.25, 0.3) is 0 Å². The van der Waals surface area contributed by atoms with Gasteiger partial charge in [0.1, 0.15) is 0 Å². The molecule has 1 aliphatic rings. The summed E-state index contributed by atoms with van der Waals surface area (Å²) in [6.45, 7) is 3.84. The standard InChI is InChI=1S/C14H17Br2NO2/c1-9-6-11(14(18)19)4-5-17(9)8-10-2-3-12(15)13(16)7-10/h2-3,7,9,11H,4-6,8H2,1H3,(H,18,19). The summed E-state index contributed by atoms with van der Waals surface area (Å²) in [4.78, 5) is 13.4. The molecule has 1 heterocycles. The Labute approximate surface area is 130 Å². The average molecular weight is 391 g/mol. The molecule has 0 aromatic heterocycles. The minimum Gasteiger partial charge on any atom is -0.481 e. The molecule has 2 unspecified atom stereocenters. The first-order chi connectivity index (χ1) is 8.97. The Morgan fingerprint density at radius 2 is 2.16 bits per heavy atom. The number of hydrogen-bond acceptors (Lipinski definition) is 2. The van der Waals surface area contributed by atoms with Gasteiger partial charge in [-0.05, 0) is 75.9 Å². The maximum absolute atomic E-state index is 11.0. The van der Waals surface area contributed by atoms with Crippen LogP contribution in [0, 0.1) is 5.92 Å². The van der Waals surface area contributed by atoms with Crippen molar-refractivity contribution in [3.05, 3.63) is 32.7 Å². The van der Waals surface area contributed by atoms with Crippen molar-refractivity contribution in [3.63, 3.8) is 0 Å². The fourth-order valence-electron chi connectivity index (χ4n) is 2.55. The quantitative estimate of drug-likeness (QED) is 0.850. The first-order valence-corrected chi connectivity index (χ1v) is 7.96. The fourth-order valence-corrected chi connectivity index (χ4v) is 3.23. The smallest absolute Gasteiger partial charge is 0.306 e. The van der Waals surface area contributed by atoms with E-state index >= 15 is 0 Å². The van der Waals surface area contributed by atoms with Crippen LogP contribution in [-0.2, 0) is 11.3 Å². The third-order valence-corrected chi connectivity index (χ3v) is 5.61. The summed E-state index contributed by atoms with van der Waals surface area (Å²) in [5, 5.41) is 9.07. The van der Waals surface area contributed by atoms with Crippen molar-refractivity contribution in [2.24, 2.45) is 5.92 Å². The van der Waals surface area contributed by atoms with Gasteiger partial charge >= 0.3 is 5.97 Å². The summed E-state index contributed by atoms with van der Waals surface area (Å²) in [7, 11) is 0. The molecule has 0 amide bonds. The molecule has 5 heteroatoms. The lowest BCUT2D eigenvalue weighted by atomic mass is 9.91. The minimum atomic E-state index is -0.655. The fraction of sp³-hybridized carbons (Fsp3) is 0.500. The third kappa shape index (κ3) is 3.80. The topological polar surface area (TPSA) is 40.5 Å². The molecule has 19 heavy (non-hydrogen) atoms. The normalized spacial score (nSPS) is 24.4. The molecule has 3 nitrogen and oxygen atoms in total. The van der Waals surface area contributed by atoms with Crippen LogP contribution in [0.2, 0.25) is 0 Å². The number of likely N-dealkylation sites (tertiary alicyclic amines) is 1. The summed E-state index contributed by atoms with van der Waals surface area (Å²) in [6, 6.07) is 6.57. The Hall–Kier alpha value is -0.390. The summed E-state index contributed by atoms with van der Waals surface area (Å²) in [6.07, 6.45) is 1.49. The monoisotopic (exact) mass is 389 g/mol. The van der Waals surface area contributed by atoms with Crippen LogP contribution in [-0.4, -0.2) is 28.6 Å². The highest BCUT2D eigenvalue weighted by atomic mass is 79.9. The predicted molar refractivity (Wildman–Crippen MR) is 82.1 cm³/mol. The summed E-state index contributed by atoms with van der Waals surface area (Å²) in [5.41, 5.74) is 1.25. The van der Waals surface area contributed by atoms with Crippen LogP contribution in [0.3, 0.4) is 0 Å². The lowest BCUT2D eigenvalue weighted by Crippen LogP contribution is -2.42. The van der Waals surface area contributed by atoms with Crippen molar-refractivity contribution in [1.29, 1.82) is 0 Å². The molecular weight excluding hydrogens is 374 g/mol. The summed E-state index contributed by atoms with van der Waals surface area (Å²) < 4.78 is 2.10. The molecule has 1 aromatic carbocycles. The van der Waals surface area contributed by atoms with Crippen LogP contribution in [0.15, 0.2) is 27.1 Å². The van der Waals surface area contributed by atoms with E-state index in [2.05, 4.69) is 55.8 Å². The van der Waals surface area contributed by atoms with Crippen molar-refractivity contribution in [2.75, 3.05) is 6.54 Å². The van der Waals surface area contributed by atoms with E-state index in [1.807, 2.05) is 6.07 Å². The molecule has 1 saturated heterocycles. The van der Waals surface area contributed by atoms with Crippen molar-refractivity contribution in [1.82, 2.24) is 4.90 Å². The second-order valence-electron chi connectivity index (χ2n) is 5.13. The number of halogens is 2. The SMILES string of the molecule is CC1CC(C(=O)O)CCN1Cc1ccc(Br)c(Br)c1. The van der Waals surface area contributed by atoms with Gasteiger partial charge in [-0.2, -0.15) is 0 Å². The molecule has 0 radical (unpaired) electrons. The van der Waals surface area contributed by atoms with Gasteiger partial charge in [-0.1, -0.05) is 6.07 Å². The van der Waals surface area contributed by atoms with E-state index in [4.69, 9.17) is 5.11 Å². The lowest BCUT2D eigenvalue weighted by Gasteiger charge is -2.36. The number of carboxylic acid groups (broad SMARTS) is 1. The highest BCUT2D eigenvalue weighted by Gasteiger charge is 2.29. The Bertz CT molecular complexity index is 479. The lowest BCUT2D eigenvalue weighted by molar-refractivity contribution is -0.144. The molecule has 0 bridgehead atoms. The van der Waals surface area contributed by atoms with Crippen LogP contribution < -0.4 is 0 Å². The van der Waals surface area contributed by atoms with Crippen molar-refractivity contribution in [3.8, 4) is 0 Å². The maximum atomic E-state index is 11.0. The second-order valence-corrected chi connectivity index (χ2v) is 6.84. The van der Waals surface area contributed by atoms with Gasteiger partial charge in [0.15, 0.2) is 0 Å². The molecule has 2 rings (SSSR count). The predicted octanol–water partition coefficient (Wildman–Crippen LogP) is 3.90. The zero-order chi connectivity index (χ0) is 14.0. The minimum absolute atomic E-state index is 0.178. The van der Waals surface area contributed by atoms with Gasteiger partial charge in [-0.25, -0.2) is 0 Å². The first-order valence-electron chi connectivity index (χ1n) is 6.38. The maximum Gasteiger partial charge on any atom is 0.306 e. The van der Waals surface area contributed by atoms with Gasteiger partial charge < -0.3 is 5.11 Å². The number of carbonyl (C=O) groups is 1. The number of hydrogen-bond donors (Lipinski definition) is 1. The zero-order valence-corrected chi connectivity index (χ0v) is 13.9. The molecule has 1 fully saturated rings. The van der Waals surface area contributed by atoms with E-state index in [0.717, 1.165) is 34.9 Å². The highest BCUT2D eigenvalue weighted by Crippen LogP contribution is 2.27. The number of aliphatic carboxylic acids is 1. The molecular formula is C14H17Br2NO2. The van der Waals surface area contributed by atoms with Gasteiger partial charge in [0.05, 0.1) is 5.92 Å². The van der Waals surface area contributed by atoms with Crippen molar-refractivity contribution < 1.29 is 9.90 Å². The van der Waals surface area contributed by atoms with E-state index in [9.17, 15) is 4.79 Å². The Balaban J connectivity index is 2.00. The van der Waals surface area contributed by atoms with Crippen LogP contribution in [0.5, 0.6) is 0 Å². The van der Waals surface area contributed by atoms with E-state index in [0.29, 0.717) is 6.04 Å². The summed E-state index contributed by atoms with van der Waals surface area (Å²) in [5.74, 6) is -0.833. The molecule has 104 valence electrons. The zero-order valence-electron chi connectivity index (χ0n) is 10.8. The van der Waals surface area contributed by atoms with Gasteiger partial charge in [0, 0.05) is 21.5 Å². The van der Waals surface area contributed by atoms with E-state index < -0.39 is 5.97 Å². The van der Waals surface area contributed by atoms with Crippen molar-refractivity contribution in [2.45, 2.75) is 32.4 Å². The number of benzene rings is 1. The molecule has 1 N–H and O–H groups in total. The molecule has 2 atom stereocenters. The van der Waals surface area contributed by atoms with Gasteiger partial charge in [0.2, 0.25) is 0 Å². The number of piperidine rings is 1. The van der Waals surface area contributed by atoms with Crippen molar-refractivity contribution >= 4 is 37.8 Å². The number of rotatable bonds is 3. The van der Waals surface area contributed by atoms with E-state index in [1.54, 1.807) is 0 Å². The van der Waals surface area contributed by atoms with Gasteiger partial charge in [-0.15, -0.1) is 0 Å². The number of carboxylic acids is 1. The molecule has 1 aromatic rings. The van der Waals surface area contributed by atoms with Gasteiger partial charge in [-0.3, -0.25) is 9.69 Å². The van der Waals surface area contributed by atoms with Crippen LogP contribution in [0.4, 0.5) is 0 Å².